The smallest absolute Gasteiger partial charge is 0.224 e. The van der Waals surface area contributed by atoms with E-state index in [0.29, 0.717) is 13.0 Å². The van der Waals surface area contributed by atoms with Gasteiger partial charge >= 0.3 is 0 Å². The first-order chi connectivity index (χ1) is 11.8. The fourth-order valence-electron chi connectivity index (χ4n) is 3.13. The Hall–Kier alpha value is -2.43. The molecule has 1 aromatic carbocycles. The first-order valence-corrected chi connectivity index (χ1v) is 8.68. The number of nitrogens with zero attached hydrogens (tertiary/aromatic N) is 4. The van der Waals surface area contributed by atoms with Gasteiger partial charge in [-0.05, 0) is 18.4 Å². The summed E-state index contributed by atoms with van der Waals surface area (Å²) in [5.41, 5.74) is 1.18. The molecule has 2 aromatic rings. The molecule has 0 aliphatic carbocycles. The predicted molar refractivity (Wildman–Crippen MR) is 94.1 cm³/mol. The van der Waals surface area contributed by atoms with Crippen molar-refractivity contribution >= 4 is 12.0 Å². The van der Waals surface area contributed by atoms with Gasteiger partial charge < -0.3 is 4.90 Å². The van der Waals surface area contributed by atoms with Crippen molar-refractivity contribution in [3.8, 4) is 0 Å². The fourth-order valence-corrected chi connectivity index (χ4v) is 3.13. The van der Waals surface area contributed by atoms with Crippen molar-refractivity contribution < 1.29 is 4.79 Å². The normalized spacial score (nSPS) is 18.7. The van der Waals surface area contributed by atoms with E-state index in [0.717, 1.165) is 19.4 Å². The Morgan fingerprint density at radius 1 is 1.21 bits per heavy atom. The maximum absolute atomic E-state index is 12.7. The highest BCUT2D eigenvalue weighted by Crippen LogP contribution is 2.20. The van der Waals surface area contributed by atoms with Gasteiger partial charge in [-0.25, -0.2) is 4.98 Å². The Kier molecular flexibility index (Phi) is 5.77. The van der Waals surface area contributed by atoms with E-state index in [1.807, 2.05) is 23.1 Å². The zero-order valence-corrected chi connectivity index (χ0v) is 13.9. The number of amides is 1. The van der Waals surface area contributed by atoms with E-state index < -0.39 is 0 Å². The summed E-state index contributed by atoms with van der Waals surface area (Å²) in [4.78, 5) is 18.7. The lowest BCUT2D eigenvalue weighted by atomic mass is 10.1. The summed E-state index contributed by atoms with van der Waals surface area (Å²) >= 11 is 0. The lowest BCUT2D eigenvalue weighted by molar-refractivity contribution is -0.132. The van der Waals surface area contributed by atoms with Gasteiger partial charge in [-0.2, -0.15) is 5.10 Å². The average molecular weight is 324 g/mol. The first kappa shape index (κ1) is 16.4. The minimum Gasteiger partial charge on any atom is -0.336 e. The molecule has 0 bridgehead atoms. The number of carbonyl (C=O) groups is 1. The van der Waals surface area contributed by atoms with Gasteiger partial charge in [0.05, 0.1) is 12.6 Å². The first-order valence-electron chi connectivity index (χ1n) is 8.68. The quantitative estimate of drug-likeness (QED) is 0.849. The van der Waals surface area contributed by atoms with Crippen LogP contribution >= 0.6 is 0 Å². The van der Waals surface area contributed by atoms with Crippen molar-refractivity contribution in [2.45, 2.75) is 44.7 Å². The molecule has 5 heteroatoms. The van der Waals surface area contributed by atoms with E-state index in [1.54, 1.807) is 11.0 Å². The molecule has 1 aliphatic heterocycles. The van der Waals surface area contributed by atoms with Crippen LogP contribution in [0.4, 0.5) is 0 Å². The van der Waals surface area contributed by atoms with Gasteiger partial charge in [0, 0.05) is 13.0 Å². The molecule has 1 aliphatic rings. The van der Waals surface area contributed by atoms with Gasteiger partial charge in [0.25, 0.3) is 0 Å². The van der Waals surface area contributed by atoms with Gasteiger partial charge in [-0.15, -0.1) is 0 Å². The molecule has 0 N–H and O–H groups in total. The molecule has 5 nitrogen and oxygen atoms in total. The van der Waals surface area contributed by atoms with Crippen molar-refractivity contribution in [2.24, 2.45) is 0 Å². The van der Waals surface area contributed by atoms with Gasteiger partial charge in [0.1, 0.15) is 12.7 Å². The second-order valence-electron chi connectivity index (χ2n) is 6.18. The summed E-state index contributed by atoms with van der Waals surface area (Å²) < 4.78 is 1.71. The molecule has 3 rings (SSSR count). The molecule has 0 saturated carbocycles. The van der Waals surface area contributed by atoms with E-state index in [-0.39, 0.29) is 11.9 Å². The molecule has 1 fully saturated rings. The molecule has 0 spiro atoms. The van der Waals surface area contributed by atoms with Crippen molar-refractivity contribution in [3.05, 3.63) is 54.6 Å². The Labute approximate surface area is 143 Å². The third-order valence-corrected chi connectivity index (χ3v) is 4.45. The molecule has 2 heterocycles. The number of hydrogen-bond donors (Lipinski definition) is 0. The zero-order chi connectivity index (χ0) is 16.6. The summed E-state index contributed by atoms with van der Waals surface area (Å²) in [6.07, 6.45) is 12.5. The monoisotopic (exact) mass is 324 g/mol. The van der Waals surface area contributed by atoms with E-state index in [4.69, 9.17) is 0 Å². The van der Waals surface area contributed by atoms with Crippen LogP contribution in [0.2, 0.25) is 0 Å². The highest BCUT2D eigenvalue weighted by molar-refractivity contribution is 5.77. The van der Waals surface area contributed by atoms with Gasteiger partial charge in [-0.3, -0.25) is 9.48 Å². The maximum atomic E-state index is 12.7. The van der Waals surface area contributed by atoms with Crippen LogP contribution in [0.25, 0.3) is 6.08 Å². The maximum Gasteiger partial charge on any atom is 0.224 e. The van der Waals surface area contributed by atoms with Crippen LogP contribution in [0.5, 0.6) is 0 Å². The highest BCUT2D eigenvalue weighted by atomic mass is 16.2. The molecular weight excluding hydrogens is 300 g/mol. The van der Waals surface area contributed by atoms with Crippen molar-refractivity contribution in [2.75, 3.05) is 6.54 Å². The van der Waals surface area contributed by atoms with Crippen LogP contribution in [0, 0.1) is 0 Å². The Balaban J connectivity index is 1.65. The van der Waals surface area contributed by atoms with E-state index in [9.17, 15) is 4.79 Å². The highest BCUT2D eigenvalue weighted by Gasteiger charge is 2.23. The van der Waals surface area contributed by atoms with Crippen LogP contribution in [-0.4, -0.2) is 38.2 Å². The number of aryl methyl sites for hydroxylation is 1. The minimum absolute atomic E-state index is 0.191. The number of rotatable bonds is 5. The van der Waals surface area contributed by atoms with Crippen LogP contribution in [-0.2, 0) is 11.3 Å². The number of carbonyl (C=O) groups excluding carboxylic acids is 1. The van der Waals surface area contributed by atoms with Gasteiger partial charge in [0.15, 0.2) is 0 Å². The zero-order valence-electron chi connectivity index (χ0n) is 13.9. The fraction of sp³-hybridized carbons (Fsp3) is 0.421. The molecule has 126 valence electrons. The van der Waals surface area contributed by atoms with Crippen LogP contribution in [0.3, 0.4) is 0 Å². The predicted octanol–water partition coefficient (Wildman–Crippen LogP) is 3.15. The van der Waals surface area contributed by atoms with Crippen LogP contribution in [0.15, 0.2) is 49.1 Å². The third-order valence-electron chi connectivity index (χ3n) is 4.45. The topological polar surface area (TPSA) is 51.0 Å². The van der Waals surface area contributed by atoms with E-state index in [1.165, 1.54) is 24.7 Å². The van der Waals surface area contributed by atoms with E-state index >= 15 is 0 Å². The number of benzene rings is 1. The summed E-state index contributed by atoms with van der Waals surface area (Å²) in [7, 11) is 0. The number of hydrogen-bond acceptors (Lipinski definition) is 3. The summed E-state index contributed by atoms with van der Waals surface area (Å²) in [6.45, 7) is 1.43. The molecule has 1 aromatic heterocycles. The van der Waals surface area contributed by atoms with Crippen LogP contribution in [0.1, 0.15) is 37.7 Å². The van der Waals surface area contributed by atoms with Crippen molar-refractivity contribution in [1.82, 2.24) is 19.7 Å². The average Bonchev–Trinajstić information content (AvgIpc) is 3.03. The lowest BCUT2D eigenvalue weighted by Crippen LogP contribution is -2.39. The minimum atomic E-state index is 0.191. The summed E-state index contributed by atoms with van der Waals surface area (Å²) in [6, 6.07) is 10.5. The third kappa shape index (κ3) is 4.54. The molecule has 0 radical (unpaired) electrons. The second-order valence-corrected chi connectivity index (χ2v) is 6.18. The standard InChI is InChI=1S/C19H24N4O/c24-19(12-14-22-16-20-15-21-22)23-13-6-2-5-9-18(23)11-10-17-7-3-1-4-8-17/h1,3-4,7-8,10-11,15-16,18H,2,5-6,9,12-14H2/b11-10+/t18-/m0/s1. The van der Waals surface area contributed by atoms with E-state index in [2.05, 4.69) is 34.4 Å². The Morgan fingerprint density at radius 2 is 2.08 bits per heavy atom. The van der Waals surface area contributed by atoms with Crippen LogP contribution < -0.4 is 0 Å². The number of aromatic nitrogens is 3. The summed E-state index contributed by atoms with van der Waals surface area (Å²) in [5, 5.41) is 4.07. The van der Waals surface area contributed by atoms with Crippen molar-refractivity contribution in [3.63, 3.8) is 0 Å². The molecule has 1 amide bonds. The Morgan fingerprint density at radius 3 is 2.88 bits per heavy atom. The largest absolute Gasteiger partial charge is 0.336 e. The lowest BCUT2D eigenvalue weighted by Gasteiger charge is -2.28. The van der Waals surface area contributed by atoms with Gasteiger partial charge in [0.2, 0.25) is 5.91 Å². The molecule has 1 saturated heterocycles. The molecular formula is C19H24N4O. The summed E-state index contributed by atoms with van der Waals surface area (Å²) in [5.74, 6) is 0.204. The number of likely N-dealkylation sites (tertiary alicyclic amines) is 1. The molecule has 1 atom stereocenters. The molecule has 0 unspecified atom stereocenters. The SMILES string of the molecule is O=C(CCn1cncn1)N1CCCCC[C@H]1/C=C/c1ccccc1. The Bertz CT molecular complexity index is 651. The second kappa shape index (κ2) is 8.43. The van der Waals surface area contributed by atoms with Gasteiger partial charge in [-0.1, -0.05) is 55.3 Å². The molecule has 24 heavy (non-hydrogen) atoms. The van der Waals surface area contributed by atoms with Crippen molar-refractivity contribution in [1.29, 1.82) is 0 Å².